The van der Waals surface area contributed by atoms with E-state index in [1.165, 1.54) is 12.1 Å². The van der Waals surface area contributed by atoms with Crippen LogP contribution in [0.5, 0.6) is 0 Å². The van der Waals surface area contributed by atoms with E-state index in [-0.39, 0.29) is 12.0 Å². The molecule has 3 nitrogen and oxygen atoms in total. The second-order valence-electron chi connectivity index (χ2n) is 3.58. The highest BCUT2D eigenvalue weighted by Crippen LogP contribution is 2.15. The summed E-state index contributed by atoms with van der Waals surface area (Å²) in [5.74, 6) is -1.08. The van der Waals surface area contributed by atoms with Crippen molar-refractivity contribution in [1.29, 1.82) is 0 Å². The third-order valence-corrected chi connectivity index (χ3v) is 2.85. The number of nitrogens with one attached hydrogen (secondary N) is 1. The third kappa shape index (κ3) is 2.26. The van der Waals surface area contributed by atoms with Crippen molar-refractivity contribution in [2.45, 2.75) is 19.9 Å². The van der Waals surface area contributed by atoms with Crippen molar-refractivity contribution in [2.75, 3.05) is 0 Å². The normalized spacial score (nSPS) is 10.8. The molecular weight excluding hydrogens is 244 g/mol. The highest BCUT2D eigenvalue weighted by molar-refractivity contribution is 7.71. The Balaban J connectivity index is 2.38. The molecule has 0 aliphatic carbocycles. The molecule has 0 radical (unpaired) electrons. The van der Waals surface area contributed by atoms with Crippen LogP contribution in [0.25, 0.3) is 0 Å². The first-order chi connectivity index (χ1) is 8.13. The quantitative estimate of drug-likeness (QED) is 0.856. The van der Waals surface area contributed by atoms with Crippen LogP contribution >= 0.6 is 12.2 Å². The van der Waals surface area contributed by atoms with E-state index < -0.39 is 11.6 Å². The molecule has 2 aromatic rings. The van der Waals surface area contributed by atoms with E-state index in [0.717, 1.165) is 6.07 Å². The molecule has 2 rings (SSSR count). The molecule has 0 unspecified atom stereocenters. The zero-order valence-corrected chi connectivity index (χ0v) is 10.0. The number of halogens is 2. The lowest BCUT2D eigenvalue weighted by molar-refractivity contribution is 0.499. The van der Waals surface area contributed by atoms with E-state index in [1.807, 2.05) is 6.92 Å². The molecule has 1 heterocycles. The summed E-state index contributed by atoms with van der Waals surface area (Å²) in [4.78, 5) is 0. The minimum Gasteiger partial charge on any atom is -0.304 e. The SMILES string of the molecule is CCn1c(Cc2cccc(F)c2F)n[nH]c1=S. The van der Waals surface area contributed by atoms with Crippen LogP contribution in [0.2, 0.25) is 0 Å². The van der Waals surface area contributed by atoms with Gasteiger partial charge < -0.3 is 4.57 Å². The van der Waals surface area contributed by atoms with Crippen molar-refractivity contribution in [1.82, 2.24) is 14.8 Å². The lowest BCUT2D eigenvalue weighted by Gasteiger charge is -2.05. The van der Waals surface area contributed by atoms with Gasteiger partial charge in [0.25, 0.3) is 0 Å². The minimum absolute atomic E-state index is 0.213. The first kappa shape index (κ1) is 11.9. The standard InChI is InChI=1S/C11H11F2N3S/c1-2-16-9(14-15-11(16)17)6-7-4-3-5-8(12)10(7)13/h3-5H,2,6H2,1H3,(H,15,17). The van der Waals surface area contributed by atoms with Crippen molar-refractivity contribution < 1.29 is 8.78 Å². The van der Waals surface area contributed by atoms with E-state index in [1.54, 1.807) is 4.57 Å². The Labute approximate surface area is 102 Å². The van der Waals surface area contributed by atoms with Crippen LogP contribution < -0.4 is 0 Å². The molecule has 90 valence electrons. The molecule has 0 saturated heterocycles. The maximum Gasteiger partial charge on any atom is 0.195 e. The fraction of sp³-hybridized carbons (Fsp3) is 0.273. The molecule has 0 aliphatic rings. The summed E-state index contributed by atoms with van der Waals surface area (Å²) < 4.78 is 28.8. The molecule has 0 spiro atoms. The summed E-state index contributed by atoms with van der Waals surface area (Å²) in [6.45, 7) is 2.55. The van der Waals surface area contributed by atoms with Crippen molar-refractivity contribution in [3.63, 3.8) is 0 Å². The van der Waals surface area contributed by atoms with Crippen molar-refractivity contribution in [2.24, 2.45) is 0 Å². The zero-order valence-electron chi connectivity index (χ0n) is 9.20. The number of hydrogen-bond donors (Lipinski definition) is 1. The summed E-state index contributed by atoms with van der Waals surface area (Å²) in [6.07, 6.45) is 0.213. The summed E-state index contributed by atoms with van der Waals surface area (Å²) in [7, 11) is 0. The van der Waals surface area contributed by atoms with Gasteiger partial charge in [-0.25, -0.2) is 8.78 Å². The van der Waals surface area contributed by atoms with Gasteiger partial charge in [0.2, 0.25) is 0 Å². The van der Waals surface area contributed by atoms with E-state index in [2.05, 4.69) is 10.2 Å². The van der Waals surface area contributed by atoms with Gasteiger partial charge in [-0.1, -0.05) is 12.1 Å². The highest BCUT2D eigenvalue weighted by Gasteiger charge is 2.11. The highest BCUT2D eigenvalue weighted by atomic mass is 32.1. The molecule has 1 aromatic carbocycles. The average Bonchev–Trinajstić information content (AvgIpc) is 2.66. The molecule has 0 amide bonds. The van der Waals surface area contributed by atoms with Crippen molar-refractivity contribution in [3.8, 4) is 0 Å². The van der Waals surface area contributed by atoms with E-state index in [0.29, 0.717) is 17.1 Å². The van der Waals surface area contributed by atoms with E-state index >= 15 is 0 Å². The number of nitrogens with zero attached hydrogens (tertiary/aromatic N) is 2. The summed E-state index contributed by atoms with van der Waals surface area (Å²) >= 11 is 5.02. The van der Waals surface area contributed by atoms with Crippen LogP contribution in [0, 0.1) is 16.4 Å². The van der Waals surface area contributed by atoms with Gasteiger partial charge in [0.1, 0.15) is 5.82 Å². The van der Waals surface area contributed by atoms with Crippen LogP contribution in [0.3, 0.4) is 0 Å². The summed E-state index contributed by atoms with van der Waals surface area (Å²) in [5, 5.41) is 6.65. The monoisotopic (exact) mass is 255 g/mol. The Kier molecular flexibility index (Phi) is 3.33. The largest absolute Gasteiger partial charge is 0.304 e. The molecule has 1 aromatic heterocycles. The smallest absolute Gasteiger partial charge is 0.195 e. The van der Waals surface area contributed by atoms with Gasteiger partial charge in [0.15, 0.2) is 16.4 Å². The molecule has 17 heavy (non-hydrogen) atoms. The maximum atomic E-state index is 13.5. The van der Waals surface area contributed by atoms with Crippen LogP contribution in [0.1, 0.15) is 18.3 Å². The Bertz CT molecular complexity index is 589. The third-order valence-electron chi connectivity index (χ3n) is 2.53. The number of H-pyrrole nitrogens is 1. The van der Waals surface area contributed by atoms with Gasteiger partial charge in [-0.2, -0.15) is 5.10 Å². The number of aromatic amines is 1. The van der Waals surface area contributed by atoms with Gasteiger partial charge in [-0.3, -0.25) is 5.10 Å². The molecule has 6 heteroatoms. The zero-order chi connectivity index (χ0) is 12.4. The molecule has 0 aliphatic heterocycles. The van der Waals surface area contributed by atoms with Crippen LogP contribution in [-0.2, 0) is 13.0 Å². The molecule has 1 N–H and O–H groups in total. The minimum atomic E-state index is -0.848. The lowest BCUT2D eigenvalue weighted by Crippen LogP contribution is -2.04. The first-order valence-electron chi connectivity index (χ1n) is 5.20. The number of benzene rings is 1. The fourth-order valence-electron chi connectivity index (χ4n) is 1.67. The van der Waals surface area contributed by atoms with Gasteiger partial charge in [-0.05, 0) is 30.8 Å². The maximum absolute atomic E-state index is 13.5. The van der Waals surface area contributed by atoms with Crippen LogP contribution in [0.15, 0.2) is 18.2 Å². The Hall–Kier alpha value is -1.56. The van der Waals surface area contributed by atoms with Gasteiger partial charge in [0, 0.05) is 13.0 Å². The second kappa shape index (κ2) is 4.75. The predicted molar refractivity (Wildman–Crippen MR) is 62.2 cm³/mol. The second-order valence-corrected chi connectivity index (χ2v) is 3.97. The van der Waals surface area contributed by atoms with Crippen LogP contribution in [-0.4, -0.2) is 14.8 Å². The molecule has 0 atom stereocenters. The Morgan fingerprint density at radius 3 is 2.88 bits per heavy atom. The van der Waals surface area contributed by atoms with Crippen molar-refractivity contribution in [3.05, 3.63) is 46.0 Å². The number of hydrogen-bond acceptors (Lipinski definition) is 2. The van der Waals surface area contributed by atoms with E-state index in [4.69, 9.17) is 12.2 Å². The van der Waals surface area contributed by atoms with E-state index in [9.17, 15) is 8.78 Å². The number of rotatable bonds is 3. The lowest BCUT2D eigenvalue weighted by atomic mass is 10.1. The molecule has 0 fully saturated rings. The topological polar surface area (TPSA) is 33.6 Å². The molecule has 0 saturated carbocycles. The first-order valence-corrected chi connectivity index (χ1v) is 5.61. The summed E-state index contributed by atoms with van der Waals surface area (Å²) in [5.41, 5.74) is 0.272. The van der Waals surface area contributed by atoms with Gasteiger partial charge in [-0.15, -0.1) is 0 Å². The Morgan fingerprint density at radius 2 is 2.18 bits per heavy atom. The molecule has 0 bridgehead atoms. The molecular formula is C11H11F2N3S. The van der Waals surface area contributed by atoms with Gasteiger partial charge >= 0.3 is 0 Å². The van der Waals surface area contributed by atoms with Crippen LogP contribution in [0.4, 0.5) is 8.78 Å². The number of aromatic nitrogens is 3. The van der Waals surface area contributed by atoms with Crippen molar-refractivity contribution >= 4 is 12.2 Å². The van der Waals surface area contributed by atoms with Gasteiger partial charge in [0.05, 0.1) is 0 Å². The Morgan fingerprint density at radius 1 is 1.41 bits per heavy atom. The summed E-state index contributed by atoms with van der Waals surface area (Å²) in [6, 6.07) is 4.11. The predicted octanol–water partition coefficient (Wildman–Crippen LogP) is 2.83. The average molecular weight is 255 g/mol. The fourth-order valence-corrected chi connectivity index (χ4v) is 1.95.